The summed E-state index contributed by atoms with van der Waals surface area (Å²) in [5.74, 6) is 0.146. The van der Waals surface area contributed by atoms with Crippen molar-refractivity contribution in [1.29, 1.82) is 0 Å². The lowest BCUT2D eigenvalue weighted by molar-refractivity contribution is 0.153. The predicted molar refractivity (Wildman–Crippen MR) is 73.2 cm³/mol. The summed E-state index contributed by atoms with van der Waals surface area (Å²) >= 11 is 0. The fourth-order valence-electron chi connectivity index (χ4n) is 1.40. The van der Waals surface area contributed by atoms with E-state index in [1.807, 2.05) is 36.4 Å². The largest absolute Gasteiger partial charge is 0.508 e. The van der Waals surface area contributed by atoms with E-state index in [2.05, 4.69) is 0 Å². The minimum absolute atomic E-state index is 0.146. The van der Waals surface area contributed by atoms with E-state index in [9.17, 15) is 5.11 Å². The van der Waals surface area contributed by atoms with E-state index in [0.717, 1.165) is 0 Å². The summed E-state index contributed by atoms with van der Waals surface area (Å²) in [5.41, 5.74) is 6.13. The molecule has 0 aliphatic heterocycles. The van der Waals surface area contributed by atoms with Gasteiger partial charge in [-0.1, -0.05) is 48.5 Å². The Hall–Kier alpha value is -1.84. The molecular weight excluding hydrogens is 226 g/mol. The SMILES string of the molecule is C[C@H](N)[C@H](O)c1cccc(O)c1.c1ccccc1. The van der Waals surface area contributed by atoms with E-state index in [1.54, 1.807) is 25.1 Å². The van der Waals surface area contributed by atoms with Crippen LogP contribution in [0, 0.1) is 0 Å². The number of aromatic hydroxyl groups is 1. The fraction of sp³-hybridized carbons (Fsp3) is 0.200. The third-order valence-electron chi connectivity index (χ3n) is 2.38. The molecule has 0 spiro atoms. The predicted octanol–water partition coefficient (Wildman–Crippen LogP) is 2.46. The molecule has 2 aromatic rings. The zero-order valence-corrected chi connectivity index (χ0v) is 10.4. The second kappa shape index (κ2) is 7.48. The minimum Gasteiger partial charge on any atom is -0.508 e. The molecule has 0 radical (unpaired) electrons. The first-order valence-electron chi connectivity index (χ1n) is 5.84. The van der Waals surface area contributed by atoms with E-state index >= 15 is 0 Å². The number of aliphatic hydroxyl groups is 1. The van der Waals surface area contributed by atoms with Crippen molar-refractivity contribution in [3.05, 3.63) is 66.2 Å². The van der Waals surface area contributed by atoms with Gasteiger partial charge in [0.15, 0.2) is 0 Å². The van der Waals surface area contributed by atoms with E-state index < -0.39 is 6.10 Å². The van der Waals surface area contributed by atoms with Crippen LogP contribution in [0.3, 0.4) is 0 Å². The fourth-order valence-corrected chi connectivity index (χ4v) is 1.40. The maximum absolute atomic E-state index is 9.49. The monoisotopic (exact) mass is 245 g/mol. The van der Waals surface area contributed by atoms with Crippen molar-refractivity contribution in [1.82, 2.24) is 0 Å². The standard InChI is InChI=1S/C9H13NO2.C6H6/c1-6(10)9(12)7-3-2-4-8(11)5-7;1-2-4-6-5-3-1/h2-6,9,11-12H,10H2,1H3;1-6H/t6-,9-;/m0./s1. The van der Waals surface area contributed by atoms with Crippen LogP contribution in [0.4, 0.5) is 0 Å². The Labute approximate surface area is 108 Å². The van der Waals surface area contributed by atoms with Crippen LogP contribution in [0.5, 0.6) is 5.75 Å². The normalized spacial score (nSPS) is 13.1. The highest BCUT2D eigenvalue weighted by molar-refractivity contribution is 5.29. The molecule has 3 heteroatoms. The molecule has 0 amide bonds. The van der Waals surface area contributed by atoms with Gasteiger partial charge in [-0.3, -0.25) is 0 Å². The van der Waals surface area contributed by atoms with Gasteiger partial charge in [-0.15, -0.1) is 0 Å². The van der Waals surface area contributed by atoms with Gasteiger partial charge in [0.2, 0.25) is 0 Å². The van der Waals surface area contributed by atoms with Gasteiger partial charge in [-0.2, -0.15) is 0 Å². The Morgan fingerprint density at radius 3 is 1.83 bits per heavy atom. The second-order valence-electron chi connectivity index (χ2n) is 4.05. The lowest BCUT2D eigenvalue weighted by atomic mass is 10.0. The second-order valence-corrected chi connectivity index (χ2v) is 4.05. The van der Waals surface area contributed by atoms with Crippen molar-refractivity contribution in [2.24, 2.45) is 5.73 Å². The van der Waals surface area contributed by atoms with Crippen LogP contribution in [0.1, 0.15) is 18.6 Å². The molecule has 0 saturated heterocycles. The highest BCUT2D eigenvalue weighted by atomic mass is 16.3. The van der Waals surface area contributed by atoms with Crippen molar-refractivity contribution in [2.75, 3.05) is 0 Å². The van der Waals surface area contributed by atoms with Gasteiger partial charge in [0.05, 0.1) is 6.10 Å². The summed E-state index contributed by atoms with van der Waals surface area (Å²) in [6.07, 6.45) is -0.711. The zero-order chi connectivity index (χ0) is 13.4. The number of phenolic OH excluding ortho intramolecular Hbond substituents is 1. The molecule has 0 saturated carbocycles. The lowest BCUT2D eigenvalue weighted by Crippen LogP contribution is -2.24. The van der Waals surface area contributed by atoms with Crippen LogP contribution in [-0.4, -0.2) is 16.3 Å². The Morgan fingerprint density at radius 1 is 0.944 bits per heavy atom. The molecule has 2 rings (SSSR count). The van der Waals surface area contributed by atoms with Crippen LogP contribution >= 0.6 is 0 Å². The molecule has 4 N–H and O–H groups in total. The molecule has 96 valence electrons. The number of aliphatic hydroxyl groups excluding tert-OH is 1. The van der Waals surface area contributed by atoms with Gasteiger partial charge in [0.1, 0.15) is 5.75 Å². The van der Waals surface area contributed by atoms with E-state index in [-0.39, 0.29) is 11.8 Å². The van der Waals surface area contributed by atoms with Crippen LogP contribution in [-0.2, 0) is 0 Å². The van der Waals surface area contributed by atoms with E-state index in [4.69, 9.17) is 10.8 Å². The molecule has 0 aliphatic rings. The Kier molecular flexibility index (Phi) is 5.91. The van der Waals surface area contributed by atoms with Gasteiger partial charge >= 0.3 is 0 Å². The highest BCUT2D eigenvalue weighted by Crippen LogP contribution is 2.19. The van der Waals surface area contributed by atoms with Gasteiger partial charge in [-0.05, 0) is 24.6 Å². The molecule has 0 aliphatic carbocycles. The average Bonchev–Trinajstić information content (AvgIpc) is 2.40. The highest BCUT2D eigenvalue weighted by Gasteiger charge is 2.11. The average molecular weight is 245 g/mol. The van der Waals surface area contributed by atoms with Gasteiger partial charge < -0.3 is 15.9 Å². The molecule has 3 nitrogen and oxygen atoms in total. The van der Waals surface area contributed by atoms with Gasteiger partial charge in [0, 0.05) is 6.04 Å². The Balaban J connectivity index is 0.000000225. The first-order chi connectivity index (χ1) is 8.61. The maximum Gasteiger partial charge on any atom is 0.115 e. The summed E-state index contributed by atoms with van der Waals surface area (Å²) in [4.78, 5) is 0. The van der Waals surface area contributed by atoms with E-state index in [1.165, 1.54) is 6.07 Å². The first kappa shape index (κ1) is 14.2. The zero-order valence-electron chi connectivity index (χ0n) is 10.4. The number of benzene rings is 2. The maximum atomic E-state index is 9.49. The molecule has 0 unspecified atom stereocenters. The first-order valence-corrected chi connectivity index (χ1v) is 5.84. The number of phenols is 1. The third-order valence-corrected chi connectivity index (χ3v) is 2.38. The number of hydrogen-bond acceptors (Lipinski definition) is 3. The number of hydrogen-bond donors (Lipinski definition) is 3. The molecule has 2 atom stereocenters. The quantitative estimate of drug-likeness (QED) is 0.761. The Morgan fingerprint density at radius 2 is 1.44 bits per heavy atom. The number of rotatable bonds is 2. The summed E-state index contributed by atoms with van der Waals surface area (Å²) in [6.45, 7) is 1.72. The summed E-state index contributed by atoms with van der Waals surface area (Å²) in [5, 5.41) is 18.6. The summed E-state index contributed by atoms with van der Waals surface area (Å²) in [6, 6.07) is 18.1. The van der Waals surface area contributed by atoms with Crippen molar-refractivity contribution >= 4 is 0 Å². The lowest BCUT2D eigenvalue weighted by Gasteiger charge is -2.14. The van der Waals surface area contributed by atoms with Crippen LogP contribution < -0.4 is 5.73 Å². The molecule has 0 fully saturated rings. The smallest absolute Gasteiger partial charge is 0.115 e. The molecule has 0 bridgehead atoms. The van der Waals surface area contributed by atoms with Gasteiger partial charge in [-0.25, -0.2) is 0 Å². The molecule has 18 heavy (non-hydrogen) atoms. The summed E-state index contributed by atoms with van der Waals surface area (Å²) < 4.78 is 0. The van der Waals surface area contributed by atoms with Crippen LogP contribution in [0.25, 0.3) is 0 Å². The summed E-state index contributed by atoms with van der Waals surface area (Å²) in [7, 11) is 0. The number of nitrogens with two attached hydrogens (primary N) is 1. The minimum atomic E-state index is -0.711. The molecule has 0 heterocycles. The Bertz CT molecular complexity index is 417. The topological polar surface area (TPSA) is 66.5 Å². The van der Waals surface area contributed by atoms with Gasteiger partial charge in [0.25, 0.3) is 0 Å². The van der Waals surface area contributed by atoms with Crippen molar-refractivity contribution in [3.63, 3.8) is 0 Å². The molecular formula is C15H19NO2. The molecule has 2 aromatic carbocycles. The molecule has 0 aromatic heterocycles. The van der Waals surface area contributed by atoms with Crippen molar-refractivity contribution in [3.8, 4) is 5.75 Å². The van der Waals surface area contributed by atoms with E-state index in [0.29, 0.717) is 5.56 Å². The van der Waals surface area contributed by atoms with Crippen molar-refractivity contribution in [2.45, 2.75) is 19.1 Å². The van der Waals surface area contributed by atoms with Crippen LogP contribution in [0.2, 0.25) is 0 Å². The van der Waals surface area contributed by atoms with Crippen molar-refractivity contribution < 1.29 is 10.2 Å². The third kappa shape index (κ3) is 4.99. The van der Waals surface area contributed by atoms with Crippen LogP contribution in [0.15, 0.2) is 60.7 Å².